The van der Waals surface area contributed by atoms with Crippen LogP contribution in [-0.4, -0.2) is 40.5 Å². The van der Waals surface area contributed by atoms with Crippen LogP contribution >= 0.6 is 11.3 Å². The van der Waals surface area contributed by atoms with Gasteiger partial charge in [-0.1, -0.05) is 0 Å². The average molecular weight is 309 g/mol. The summed E-state index contributed by atoms with van der Waals surface area (Å²) in [7, 11) is 1.69. The van der Waals surface area contributed by atoms with Gasteiger partial charge < -0.3 is 10.1 Å². The summed E-state index contributed by atoms with van der Waals surface area (Å²) in [6.07, 6.45) is 0. The Labute approximate surface area is 129 Å². The molecule has 2 heterocycles. The second-order valence-corrected chi connectivity index (χ2v) is 6.66. The standard InChI is InChI=1S/C14H23N5OS/c1-9-8-13(12(4)21-9)11(3)19-14(16-17-18-19)10(2)15-6-7-20-5/h8,10-11,15H,6-7H2,1-5H3. The maximum Gasteiger partial charge on any atom is 0.168 e. The molecule has 0 fully saturated rings. The molecule has 2 aromatic rings. The first-order valence-electron chi connectivity index (χ1n) is 7.11. The first kappa shape index (κ1) is 16.1. The van der Waals surface area contributed by atoms with E-state index in [1.54, 1.807) is 7.11 Å². The van der Waals surface area contributed by atoms with E-state index in [9.17, 15) is 0 Å². The minimum atomic E-state index is 0.0811. The summed E-state index contributed by atoms with van der Waals surface area (Å²) >= 11 is 1.81. The van der Waals surface area contributed by atoms with Crippen molar-refractivity contribution in [2.45, 2.75) is 39.8 Å². The number of methoxy groups -OCH3 is 1. The zero-order valence-electron chi connectivity index (χ0n) is 13.3. The van der Waals surface area contributed by atoms with E-state index >= 15 is 0 Å². The number of hydrogen-bond donors (Lipinski definition) is 1. The fourth-order valence-corrected chi connectivity index (χ4v) is 3.44. The number of aromatic nitrogens is 4. The van der Waals surface area contributed by atoms with E-state index in [0.29, 0.717) is 6.61 Å². The maximum atomic E-state index is 5.06. The molecule has 0 bridgehead atoms. The van der Waals surface area contributed by atoms with Crippen LogP contribution in [0.15, 0.2) is 6.07 Å². The van der Waals surface area contributed by atoms with Crippen molar-refractivity contribution >= 4 is 11.3 Å². The highest BCUT2D eigenvalue weighted by molar-refractivity contribution is 7.12. The van der Waals surface area contributed by atoms with Crippen LogP contribution in [0.5, 0.6) is 0 Å². The van der Waals surface area contributed by atoms with Crippen LogP contribution < -0.4 is 5.32 Å². The summed E-state index contributed by atoms with van der Waals surface area (Å²) in [6, 6.07) is 2.43. The van der Waals surface area contributed by atoms with Gasteiger partial charge in [-0.2, -0.15) is 0 Å². The highest BCUT2D eigenvalue weighted by Crippen LogP contribution is 2.29. The molecule has 116 valence electrons. The molecule has 0 saturated carbocycles. The lowest BCUT2D eigenvalue weighted by Crippen LogP contribution is -2.26. The van der Waals surface area contributed by atoms with E-state index in [2.05, 4.69) is 54.6 Å². The number of ether oxygens (including phenoxy) is 1. The third-order valence-electron chi connectivity index (χ3n) is 3.56. The maximum absolute atomic E-state index is 5.06. The third kappa shape index (κ3) is 3.66. The monoisotopic (exact) mass is 309 g/mol. The summed E-state index contributed by atoms with van der Waals surface area (Å²) in [6.45, 7) is 9.92. The molecule has 0 aromatic carbocycles. The fourth-order valence-electron chi connectivity index (χ4n) is 2.43. The van der Waals surface area contributed by atoms with E-state index in [1.165, 1.54) is 15.3 Å². The Bertz CT molecular complexity index is 580. The molecule has 0 aliphatic heterocycles. The van der Waals surface area contributed by atoms with Gasteiger partial charge in [0.25, 0.3) is 0 Å². The molecule has 0 amide bonds. The molecular formula is C14H23N5OS. The average Bonchev–Trinajstić information content (AvgIpc) is 3.04. The van der Waals surface area contributed by atoms with Crippen LogP contribution in [0, 0.1) is 13.8 Å². The molecule has 1 N–H and O–H groups in total. The fraction of sp³-hybridized carbons (Fsp3) is 0.643. The van der Waals surface area contributed by atoms with Gasteiger partial charge in [-0.25, -0.2) is 4.68 Å². The molecule has 0 saturated heterocycles. The zero-order chi connectivity index (χ0) is 15.4. The first-order chi connectivity index (χ1) is 10.0. The van der Waals surface area contributed by atoms with E-state index in [1.807, 2.05) is 16.0 Å². The molecule has 2 atom stereocenters. The van der Waals surface area contributed by atoms with E-state index in [0.717, 1.165) is 12.4 Å². The third-order valence-corrected chi connectivity index (χ3v) is 4.54. The number of nitrogens with zero attached hydrogens (tertiary/aromatic N) is 4. The molecule has 2 rings (SSSR count). The number of aryl methyl sites for hydroxylation is 2. The van der Waals surface area contributed by atoms with Gasteiger partial charge in [0.1, 0.15) is 0 Å². The molecule has 21 heavy (non-hydrogen) atoms. The minimum Gasteiger partial charge on any atom is -0.383 e. The van der Waals surface area contributed by atoms with Crippen LogP contribution in [0.25, 0.3) is 0 Å². The lowest BCUT2D eigenvalue weighted by Gasteiger charge is -2.17. The molecule has 0 aliphatic rings. The molecule has 0 radical (unpaired) electrons. The number of tetrazole rings is 1. The molecule has 6 nitrogen and oxygen atoms in total. The Balaban J connectivity index is 2.17. The first-order valence-corrected chi connectivity index (χ1v) is 7.93. The summed E-state index contributed by atoms with van der Waals surface area (Å²) in [5.41, 5.74) is 1.29. The van der Waals surface area contributed by atoms with Crippen LogP contribution in [0.3, 0.4) is 0 Å². The van der Waals surface area contributed by atoms with Crippen molar-refractivity contribution in [2.24, 2.45) is 0 Å². The molecular weight excluding hydrogens is 286 g/mol. The Morgan fingerprint density at radius 1 is 1.38 bits per heavy atom. The summed E-state index contributed by atoms with van der Waals surface area (Å²) in [5, 5.41) is 15.6. The van der Waals surface area contributed by atoms with Crippen molar-refractivity contribution in [3.8, 4) is 0 Å². The largest absolute Gasteiger partial charge is 0.383 e. The van der Waals surface area contributed by atoms with E-state index < -0.39 is 0 Å². The lowest BCUT2D eigenvalue weighted by molar-refractivity contribution is 0.195. The Morgan fingerprint density at radius 2 is 2.14 bits per heavy atom. The summed E-state index contributed by atoms with van der Waals surface area (Å²) in [4.78, 5) is 2.64. The van der Waals surface area contributed by atoms with Crippen molar-refractivity contribution in [1.29, 1.82) is 0 Å². The number of hydrogen-bond acceptors (Lipinski definition) is 6. The highest BCUT2D eigenvalue weighted by atomic mass is 32.1. The number of thiophene rings is 1. The second kappa shape index (κ2) is 7.11. The van der Waals surface area contributed by atoms with Crippen LogP contribution in [0.1, 0.15) is 47.1 Å². The topological polar surface area (TPSA) is 64.9 Å². The van der Waals surface area contributed by atoms with Crippen molar-refractivity contribution in [2.75, 3.05) is 20.3 Å². The van der Waals surface area contributed by atoms with Crippen molar-refractivity contribution in [3.63, 3.8) is 0 Å². The second-order valence-electron chi connectivity index (χ2n) is 5.19. The molecule has 2 unspecified atom stereocenters. The molecule has 0 spiro atoms. The Kier molecular flexibility index (Phi) is 5.44. The van der Waals surface area contributed by atoms with Crippen LogP contribution in [0.4, 0.5) is 0 Å². The molecule has 7 heteroatoms. The van der Waals surface area contributed by atoms with E-state index in [4.69, 9.17) is 4.74 Å². The summed E-state index contributed by atoms with van der Waals surface area (Å²) < 4.78 is 6.96. The van der Waals surface area contributed by atoms with E-state index in [-0.39, 0.29) is 12.1 Å². The van der Waals surface area contributed by atoms with Gasteiger partial charge in [0.05, 0.1) is 18.7 Å². The highest BCUT2D eigenvalue weighted by Gasteiger charge is 2.21. The van der Waals surface area contributed by atoms with Gasteiger partial charge in [0.15, 0.2) is 5.82 Å². The number of nitrogens with one attached hydrogen (secondary N) is 1. The lowest BCUT2D eigenvalue weighted by atomic mass is 10.1. The van der Waals surface area contributed by atoms with Crippen LogP contribution in [-0.2, 0) is 4.74 Å². The van der Waals surface area contributed by atoms with Gasteiger partial charge in [0, 0.05) is 23.4 Å². The quantitative estimate of drug-likeness (QED) is 0.795. The minimum absolute atomic E-state index is 0.0811. The van der Waals surface area contributed by atoms with Gasteiger partial charge in [-0.15, -0.1) is 16.4 Å². The summed E-state index contributed by atoms with van der Waals surface area (Å²) in [5.74, 6) is 0.849. The van der Waals surface area contributed by atoms with Gasteiger partial charge in [-0.05, 0) is 49.8 Å². The SMILES string of the molecule is COCCNC(C)c1nnnn1C(C)c1cc(C)sc1C. The molecule has 2 aromatic heterocycles. The van der Waals surface area contributed by atoms with Crippen molar-refractivity contribution in [3.05, 3.63) is 27.2 Å². The van der Waals surface area contributed by atoms with Crippen molar-refractivity contribution in [1.82, 2.24) is 25.5 Å². The Morgan fingerprint density at radius 3 is 2.76 bits per heavy atom. The van der Waals surface area contributed by atoms with Crippen molar-refractivity contribution < 1.29 is 4.74 Å². The normalized spacial score (nSPS) is 14.3. The predicted molar refractivity (Wildman–Crippen MR) is 83.7 cm³/mol. The predicted octanol–water partition coefficient (Wildman–Crippen LogP) is 2.26. The zero-order valence-corrected chi connectivity index (χ0v) is 14.1. The Hall–Kier alpha value is -1.31. The number of rotatable bonds is 7. The smallest absolute Gasteiger partial charge is 0.168 e. The van der Waals surface area contributed by atoms with Crippen LogP contribution in [0.2, 0.25) is 0 Å². The van der Waals surface area contributed by atoms with Gasteiger partial charge in [0.2, 0.25) is 0 Å². The molecule has 0 aliphatic carbocycles. The van der Waals surface area contributed by atoms with Gasteiger partial charge >= 0.3 is 0 Å². The van der Waals surface area contributed by atoms with Gasteiger partial charge in [-0.3, -0.25) is 0 Å².